The first kappa shape index (κ1) is 7.73. The maximum atomic E-state index is 5.47. The molecule has 8 heavy (non-hydrogen) atoms. The van der Waals surface area contributed by atoms with E-state index < -0.39 is 0 Å². The second kappa shape index (κ2) is 4.88. The van der Waals surface area contributed by atoms with E-state index in [9.17, 15) is 0 Å². The molecule has 2 heteroatoms. The van der Waals surface area contributed by atoms with E-state index in [1.165, 1.54) is 0 Å². The second-order valence-corrected chi connectivity index (χ2v) is 1.83. The molecule has 44 valence electrons. The fourth-order valence-corrected chi connectivity index (χ4v) is 0.584. The van der Waals surface area contributed by atoms with Crippen LogP contribution in [-0.2, 0) is 0 Å². The molecule has 0 aliphatic carbocycles. The van der Waals surface area contributed by atoms with Gasteiger partial charge in [-0.05, 0) is 0 Å². The average molecular weight is 110 g/mol. The molecule has 0 saturated heterocycles. The molecule has 0 rings (SSSR count). The summed E-state index contributed by atoms with van der Waals surface area (Å²) in [6.07, 6.45) is 4.13. The monoisotopic (exact) mass is 110 g/mol. The normalized spacial score (nSPS) is 12.0. The van der Waals surface area contributed by atoms with Gasteiger partial charge in [0.1, 0.15) is 12.8 Å². The summed E-state index contributed by atoms with van der Waals surface area (Å²) in [6.45, 7) is 5.16. The van der Waals surface area contributed by atoms with Gasteiger partial charge in [-0.3, -0.25) is 0 Å². The lowest BCUT2D eigenvalue weighted by Gasteiger charge is -1.90. The summed E-state index contributed by atoms with van der Waals surface area (Å²) in [5.41, 5.74) is 0. The minimum atomic E-state index is 0.966. The van der Waals surface area contributed by atoms with Crippen molar-refractivity contribution >= 4 is 14.2 Å². The standard InChI is InChI=1S/C6H13BN/c1-3-5-8(7)6-4-2/h5H,3-4,6H2,1-2H3/q+1/b8-5+. The Morgan fingerprint density at radius 1 is 1.50 bits per heavy atom. The van der Waals surface area contributed by atoms with Gasteiger partial charge in [-0.15, -0.1) is 0 Å². The third-order valence-electron chi connectivity index (χ3n) is 0.899. The van der Waals surface area contributed by atoms with E-state index in [2.05, 4.69) is 13.8 Å². The van der Waals surface area contributed by atoms with Crippen LogP contribution in [0.3, 0.4) is 0 Å². The number of hydrogen-bond acceptors (Lipinski definition) is 0. The van der Waals surface area contributed by atoms with Crippen molar-refractivity contribution in [1.29, 1.82) is 0 Å². The van der Waals surface area contributed by atoms with Gasteiger partial charge in [0.05, 0.1) is 0 Å². The van der Waals surface area contributed by atoms with Crippen molar-refractivity contribution in [2.75, 3.05) is 6.54 Å². The lowest BCUT2D eigenvalue weighted by atomic mass is 10.3. The maximum absolute atomic E-state index is 5.47. The van der Waals surface area contributed by atoms with Crippen LogP contribution in [0.2, 0.25) is 0 Å². The predicted octanol–water partition coefficient (Wildman–Crippen LogP) is 0.973. The molecular weight excluding hydrogens is 96.9 g/mol. The average Bonchev–Trinajstić information content (AvgIpc) is 1.68. The highest BCUT2D eigenvalue weighted by atomic mass is 14.9. The lowest BCUT2D eigenvalue weighted by Crippen LogP contribution is -2.08. The molecule has 0 atom stereocenters. The zero-order chi connectivity index (χ0) is 6.41. The Balaban J connectivity index is 3.29. The van der Waals surface area contributed by atoms with E-state index in [-0.39, 0.29) is 0 Å². The van der Waals surface area contributed by atoms with E-state index in [0.29, 0.717) is 0 Å². The van der Waals surface area contributed by atoms with Gasteiger partial charge in [0.2, 0.25) is 0 Å². The molecule has 0 spiro atoms. The molecule has 0 aromatic carbocycles. The van der Waals surface area contributed by atoms with Crippen molar-refractivity contribution in [1.82, 2.24) is 0 Å². The molecule has 0 heterocycles. The van der Waals surface area contributed by atoms with E-state index in [1.807, 2.05) is 6.21 Å². The van der Waals surface area contributed by atoms with Crippen LogP contribution in [0.25, 0.3) is 0 Å². The Hall–Kier alpha value is -0.265. The van der Waals surface area contributed by atoms with Crippen molar-refractivity contribution in [2.24, 2.45) is 0 Å². The molecule has 0 bridgehead atoms. The van der Waals surface area contributed by atoms with Crippen LogP contribution in [-0.4, -0.2) is 25.2 Å². The van der Waals surface area contributed by atoms with Gasteiger partial charge in [-0.1, -0.05) is 13.8 Å². The Morgan fingerprint density at radius 2 is 2.12 bits per heavy atom. The highest BCUT2D eigenvalue weighted by Gasteiger charge is 1.89. The van der Waals surface area contributed by atoms with Gasteiger partial charge in [-0.25, -0.2) is 0 Å². The minimum absolute atomic E-state index is 0.966. The maximum Gasteiger partial charge on any atom is 0.579 e. The first-order valence-corrected chi connectivity index (χ1v) is 3.16. The molecule has 0 aromatic heterocycles. The Labute approximate surface area is 52.8 Å². The minimum Gasteiger partial charge on any atom is -0.327 e. The van der Waals surface area contributed by atoms with Crippen molar-refractivity contribution in [3.05, 3.63) is 0 Å². The fourth-order valence-electron chi connectivity index (χ4n) is 0.584. The third-order valence-corrected chi connectivity index (χ3v) is 0.899. The Morgan fingerprint density at radius 3 is 2.50 bits per heavy atom. The SMILES string of the molecule is [B]/[N+](=C/CC)CCC. The molecule has 0 saturated carbocycles. The summed E-state index contributed by atoms with van der Waals surface area (Å²) in [7, 11) is 5.47. The molecule has 0 unspecified atom stereocenters. The Bertz CT molecular complexity index is 78.6. The summed E-state index contributed by atoms with van der Waals surface area (Å²) >= 11 is 0. The van der Waals surface area contributed by atoms with Crippen molar-refractivity contribution < 1.29 is 4.49 Å². The Kier molecular flexibility index (Phi) is 4.72. The number of rotatable bonds is 3. The topological polar surface area (TPSA) is 3.01 Å². The fraction of sp³-hybridized carbons (Fsp3) is 0.833. The highest BCUT2D eigenvalue weighted by molar-refractivity contribution is 5.97. The summed E-state index contributed by atoms with van der Waals surface area (Å²) in [4.78, 5) is 0. The predicted molar refractivity (Wildman–Crippen MR) is 37.5 cm³/mol. The largest absolute Gasteiger partial charge is 0.579 e. The van der Waals surface area contributed by atoms with Crippen LogP contribution in [0, 0.1) is 0 Å². The van der Waals surface area contributed by atoms with Crippen LogP contribution in [0.5, 0.6) is 0 Å². The lowest BCUT2D eigenvalue weighted by molar-refractivity contribution is -0.370. The molecule has 2 radical (unpaired) electrons. The van der Waals surface area contributed by atoms with Gasteiger partial charge in [0.25, 0.3) is 0 Å². The van der Waals surface area contributed by atoms with Gasteiger partial charge in [0.15, 0.2) is 0 Å². The molecular formula is C6H13BN+. The van der Waals surface area contributed by atoms with Gasteiger partial charge < -0.3 is 4.49 Å². The zero-order valence-electron chi connectivity index (χ0n) is 5.72. The second-order valence-electron chi connectivity index (χ2n) is 1.83. The van der Waals surface area contributed by atoms with E-state index in [4.69, 9.17) is 7.98 Å². The van der Waals surface area contributed by atoms with E-state index in [0.717, 1.165) is 19.4 Å². The zero-order valence-corrected chi connectivity index (χ0v) is 5.72. The van der Waals surface area contributed by atoms with Crippen LogP contribution in [0.4, 0.5) is 0 Å². The quantitative estimate of drug-likeness (QED) is 0.376. The smallest absolute Gasteiger partial charge is 0.327 e. The number of hydrogen-bond donors (Lipinski definition) is 0. The molecule has 0 aliphatic heterocycles. The highest BCUT2D eigenvalue weighted by Crippen LogP contribution is 1.74. The number of nitrogens with zero attached hydrogens (tertiary/aromatic N) is 1. The van der Waals surface area contributed by atoms with Crippen LogP contribution in [0.1, 0.15) is 26.7 Å². The van der Waals surface area contributed by atoms with Crippen molar-refractivity contribution in [3.63, 3.8) is 0 Å². The molecule has 0 N–H and O–H groups in total. The van der Waals surface area contributed by atoms with Crippen molar-refractivity contribution in [2.45, 2.75) is 26.7 Å². The summed E-state index contributed by atoms with van der Waals surface area (Å²) in [5, 5.41) is 0. The van der Waals surface area contributed by atoms with Crippen LogP contribution >= 0.6 is 0 Å². The van der Waals surface area contributed by atoms with Gasteiger partial charge in [0, 0.05) is 12.8 Å². The van der Waals surface area contributed by atoms with E-state index in [1.54, 1.807) is 4.49 Å². The third kappa shape index (κ3) is 3.91. The first-order chi connectivity index (χ1) is 3.81. The molecule has 0 aliphatic rings. The molecule has 0 aromatic rings. The molecule has 0 fully saturated rings. The van der Waals surface area contributed by atoms with Crippen molar-refractivity contribution in [3.8, 4) is 0 Å². The van der Waals surface area contributed by atoms with Gasteiger partial charge in [-0.2, -0.15) is 0 Å². The summed E-state index contributed by atoms with van der Waals surface area (Å²) in [6, 6.07) is 0. The van der Waals surface area contributed by atoms with Crippen LogP contribution < -0.4 is 0 Å². The van der Waals surface area contributed by atoms with E-state index >= 15 is 0 Å². The van der Waals surface area contributed by atoms with Gasteiger partial charge >= 0.3 is 7.98 Å². The van der Waals surface area contributed by atoms with Crippen LogP contribution in [0.15, 0.2) is 0 Å². The summed E-state index contributed by atoms with van der Waals surface area (Å²) in [5.74, 6) is 0. The molecule has 0 amide bonds. The summed E-state index contributed by atoms with van der Waals surface area (Å²) < 4.78 is 1.74. The molecule has 1 nitrogen and oxygen atoms in total. The first-order valence-electron chi connectivity index (χ1n) is 3.16.